The Bertz CT molecular complexity index is 832. The van der Waals surface area contributed by atoms with E-state index in [1.807, 2.05) is 59.4 Å². The van der Waals surface area contributed by atoms with Crippen molar-refractivity contribution in [3.05, 3.63) is 66.0 Å². The number of aryl methyl sites for hydroxylation is 1. The van der Waals surface area contributed by atoms with E-state index in [1.165, 1.54) is 5.69 Å². The minimum atomic E-state index is 0.00904. The van der Waals surface area contributed by atoms with Crippen LogP contribution < -0.4 is 5.32 Å². The molecule has 1 aliphatic heterocycles. The predicted molar refractivity (Wildman–Crippen MR) is 85.8 cm³/mol. The molecule has 4 rings (SSSR count). The Morgan fingerprint density at radius 1 is 1.14 bits per heavy atom. The first-order chi connectivity index (χ1) is 10.8. The molecule has 0 fully saturated rings. The van der Waals surface area contributed by atoms with Crippen LogP contribution in [0.3, 0.4) is 0 Å². The standard InChI is InChI=1S/C18H17N3O/c22-18(17-7-3-5-13-4-1-2-6-16(13)17)20-14-9-11-21-15(12-14)8-10-19-21/h1-8,10,14H,9,11-12H2,(H,20,22)/t14-/m0/s1. The minimum Gasteiger partial charge on any atom is -0.349 e. The van der Waals surface area contributed by atoms with Gasteiger partial charge in [0.05, 0.1) is 0 Å². The summed E-state index contributed by atoms with van der Waals surface area (Å²) >= 11 is 0. The average molecular weight is 291 g/mol. The number of fused-ring (bicyclic) bond motifs is 2. The van der Waals surface area contributed by atoms with Crippen molar-refractivity contribution in [1.29, 1.82) is 0 Å². The maximum Gasteiger partial charge on any atom is 0.252 e. The SMILES string of the molecule is O=C(N[C@H]1CCn2nccc2C1)c1cccc2ccccc12. The highest BCUT2D eigenvalue weighted by Gasteiger charge is 2.21. The summed E-state index contributed by atoms with van der Waals surface area (Å²) in [7, 11) is 0. The number of nitrogens with one attached hydrogen (secondary N) is 1. The van der Waals surface area contributed by atoms with Crippen LogP contribution in [0.5, 0.6) is 0 Å². The van der Waals surface area contributed by atoms with E-state index < -0.39 is 0 Å². The van der Waals surface area contributed by atoms with Crippen LogP contribution in [-0.2, 0) is 13.0 Å². The van der Waals surface area contributed by atoms with Gasteiger partial charge in [-0.1, -0.05) is 36.4 Å². The van der Waals surface area contributed by atoms with Gasteiger partial charge in [0.15, 0.2) is 0 Å². The molecule has 3 aromatic rings. The van der Waals surface area contributed by atoms with Gasteiger partial charge in [0.2, 0.25) is 0 Å². The highest BCUT2D eigenvalue weighted by Crippen LogP contribution is 2.20. The van der Waals surface area contributed by atoms with E-state index in [2.05, 4.69) is 10.4 Å². The average Bonchev–Trinajstić information content (AvgIpc) is 3.02. The van der Waals surface area contributed by atoms with Crippen LogP contribution >= 0.6 is 0 Å². The Morgan fingerprint density at radius 2 is 2.00 bits per heavy atom. The van der Waals surface area contributed by atoms with Crippen LogP contribution in [0, 0.1) is 0 Å². The fraction of sp³-hybridized carbons (Fsp3) is 0.222. The summed E-state index contributed by atoms with van der Waals surface area (Å²) in [5.41, 5.74) is 1.94. The molecule has 1 atom stereocenters. The first-order valence-electron chi connectivity index (χ1n) is 7.60. The molecule has 0 aliphatic carbocycles. The third-order valence-electron chi connectivity index (χ3n) is 4.32. The lowest BCUT2D eigenvalue weighted by atomic mass is 10.0. The molecule has 1 aromatic heterocycles. The van der Waals surface area contributed by atoms with E-state index in [4.69, 9.17) is 0 Å². The van der Waals surface area contributed by atoms with Gasteiger partial charge in [-0.3, -0.25) is 9.48 Å². The molecular weight excluding hydrogens is 274 g/mol. The molecule has 4 heteroatoms. The second kappa shape index (κ2) is 5.30. The van der Waals surface area contributed by atoms with Crippen LogP contribution in [0.4, 0.5) is 0 Å². The van der Waals surface area contributed by atoms with Crippen molar-refractivity contribution in [2.24, 2.45) is 0 Å². The molecule has 0 unspecified atom stereocenters. The van der Waals surface area contributed by atoms with Crippen LogP contribution in [0.2, 0.25) is 0 Å². The molecule has 0 saturated heterocycles. The fourth-order valence-corrected chi connectivity index (χ4v) is 3.18. The summed E-state index contributed by atoms with van der Waals surface area (Å²) in [4.78, 5) is 12.6. The second-order valence-corrected chi connectivity index (χ2v) is 5.74. The summed E-state index contributed by atoms with van der Waals surface area (Å²) in [6.07, 6.45) is 3.59. The van der Waals surface area contributed by atoms with Gasteiger partial charge in [-0.2, -0.15) is 5.10 Å². The van der Waals surface area contributed by atoms with Crippen molar-refractivity contribution >= 4 is 16.7 Å². The Kier molecular flexibility index (Phi) is 3.15. The van der Waals surface area contributed by atoms with Crippen LogP contribution in [-0.4, -0.2) is 21.7 Å². The second-order valence-electron chi connectivity index (χ2n) is 5.74. The molecule has 0 radical (unpaired) electrons. The Morgan fingerprint density at radius 3 is 2.95 bits per heavy atom. The lowest BCUT2D eigenvalue weighted by Gasteiger charge is -2.24. The first-order valence-corrected chi connectivity index (χ1v) is 7.60. The number of hydrogen-bond acceptors (Lipinski definition) is 2. The lowest BCUT2D eigenvalue weighted by molar-refractivity contribution is 0.0932. The molecule has 0 spiro atoms. The molecule has 1 amide bonds. The van der Waals surface area contributed by atoms with E-state index in [-0.39, 0.29) is 11.9 Å². The molecule has 0 bridgehead atoms. The van der Waals surface area contributed by atoms with Gasteiger partial charge in [0, 0.05) is 36.5 Å². The minimum absolute atomic E-state index is 0.00904. The maximum atomic E-state index is 12.6. The van der Waals surface area contributed by atoms with Gasteiger partial charge in [0.1, 0.15) is 0 Å². The van der Waals surface area contributed by atoms with Gasteiger partial charge < -0.3 is 5.32 Å². The van der Waals surface area contributed by atoms with E-state index in [0.29, 0.717) is 0 Å². The lowest BCUT2D eigenvalue weighted by Crippen LogP contribution is -2.40. The molecule has 1 N–H and O–H groups in total. The third-order valence-corrected chi connectivity index (χ3v) is 4.32. The smallest absolute Gasteiger partial charge is 0.252 e. The molecule has 2 heterocycles. The Hall–Kier alpha value is -2.62. The zero-order valence-electron chi connectivity index (χ0n) is 12.2. The normalized spacial score (nSPS) is 17.2. The van der Waals surface area contributed by atoms with Gasteiger partial charge in [-0.05, 0) is 29.3 Å². The van der Waals surface area contributed by atoms with E-state index in [1.54, 1.807) is 0 Å². The number of aromatic nitrogens is 2. The van der Waals surface area contributed by atoms with Crippen LogP contribution in [0.25, 0.3) is 10.8 Å². The largest absolute Gasteiger partial charge is 0.349 e. The molecular formula is C18H17N3O. The monoisotopic (exact) mass is 291 g/mol. The molecule has 0 saturated carbocycles. The summed E-state index contributed by atoms with van der Waals surface area (Å²) in [5, 5.41) is 9.55. The molecule has 2 aromatic carbocycles. The number of amides is 1. The molecule has 110 valence electrons. The van der Waals surface area contributed by atoms with Crippen LogP contribution in [0.15, 0.2) is 54.7 Å². The number of carbonyl (C=O) groups excluding carboxylic acids is 1. The van der Waals surface area contributed by atoms with Crippen molar-refractivity contribution in [2.45, 2.75) is 25.4 Å². The number of carbonyl (C=O) groups is 1. The number of benzene rings is 2. The Balaban J connectivity index is 1.57. The number of rotatable bonds is 2. The molecule has 4 nitrogen and oxygen atoms in total. The fourth-order valence-electron chi connectivity index (χ4n) is 3.18. The quantitative estimate of drug-likeness (QED) is 0.789. The van der Waals surface area contributed by atoms with E-state index in [9.17, 15) is 4.79 Å². The third kappa shape index (κ3) is 2.26. The van der Waals surface area contributed by atoms with E-state index >= 15 is 0 Å². The highest BCUT2D eigenvalue weighted by atomic mass is 16.1. The maximum absolute atomic E-state index is 12.6. The molecule has 22 heavy (non-hydrogen) atoms. The summed E-state index contributed by atoms with van der Waals surface area (Å²) in [6.45, 7) is 0.864. The Labute approximate surface area is 128 Å². The van der Waals surface area contributed by atoms with Gasteiger partial charge in [-0.25, -0.2) is 0 Å². The van der Waals surface area contributed by atoms with Gasteiger partial charge in [0.25, 0.3) is 5.91 Å². The molecule has 1 aliphatic rings. The van der Waals surface area contributed by atoms with Crippen LogP contribution in [0.1, 0.15) is 22.5 Å². The van der Waals surface area contributed by atoms with Gasteiger partial charge in [-0.15, -0.1) is 0 Å². The highest BCUT2D eigenvalue weighted by molar-refractivity contribution is 6.07. The topological polar surface area (TPSA) is 46.9 Å². The van der Waals surface area contributed by atoms with Crippen molar-refractivity contribution in [3.63, 3.8) is 0 Å². The van der Waals surface area contributed by atoms with E-state index in [0.717, 1.165) is 35.7 Å². The summed E-state index contributed by atoms with van der Waals surface area (Å²) in [6, 6.07) is 16.1. The van der Waals surface area contributed by atoms with Crippen molar-refractivity contribution in [3.8, 4) is 0 Å². The van der Waals surface area contributed by atoms with Crippen molar-refractivity contribution in [1.82, 2.24) is 15.1 Å². The first kappa shape index (κ1) is 13.1. The predicted octanol–water partition coefficient (Wildman–Crippen LogP) is 2.78. The van der Waals surface area contributed by atoms with Gasteiger partial charge >= 0.3 is 0 Å². The summed E-state index contributed by atoms with van der Waals surface area (Å²) in [5.74, 6) is 0.00904. The zero-order chi connectivity index (χ0) is 14.9. The zero-order valence-corrected chi connectivity index (χ0v) is 12.2. The number of nitrogens with zero attached hydrogens (tertiary/aromatic N) is 2. The number of hydrogen-bond donors (Lipinski definition) is 1. The summed E-state index contributed by atoms with van der Waals surface area (Å²) < 4.78 is 2.01. The van der Waals surface area contributed by atoms with Crippen molar-refractivity contribution < 1.29 is 4.79 Å². The van der Waals surface area contributed by atoms with Crippen molar-refractivity contribution in [2.75, 3.05) is 0 Å².